The minimum absolute atomic E-state index is 0.0849. The molecule has 3 atom stereocenters. The molecule has 2 saturated carbocycles. The van der Waals surface area contributed by atoms with Crippen molar-refractivity contribution >= 4 is 16.8 Å². The molecule has 0 spiro atoms. The standard InChI is InChI=1S/C18H19FO2/c1-10-15-9-14(19)4-5-17(15)21-18(10)16(20)8-13-7-11-2-3-12(13)6-11/h4-5,9,11-13H,2-3,6-8H2,1H3. The molecule has 2 aliphatic rings. The molecule has 2 nitrogen and oxygen atoms in total. The van der Waals surface area contributed by atoms with Crippen molar-refractivity contribution in [1.29, 1.82) is 0 Å². The summed E-state index contributed by atoms with van der Waals surface area (Å²) in [6, 6.07) is 4.42. The Morgan fingerprint density at radius 3 is 2.90 bits per heavy atom. The van der Waals surface area contributed by atoms with E-state index in [1.165, 1.54) is 37.8 Å². The SMILES string of the molecule is Cc1c(C(=O)CC2CC3CCC2C3)oc2ccc(F)cc12. The normalized spacial score (nSPS) is 27.6. The zero-order valence-corrected chi connectivity index (χ0v) is 12.2. The third-order valence-corrected chi connectivity index (χ3v) is 5.48. The van der Waals surface area contributed by atoms with Crippen LogP contribution in [0.2, 0.25) is 0 Å². The van der Waals surface area contributed by atoms with Gasteiger partial charge in [0.2, 0.25) is 0 Å². The van der Waals surface area contributed by atoms with E-state index in [0.717, 1.165) is 17.4 Å². The van der Waals surface area contributed by atoms with E-state index < -0.39 is 0 Å². The van der Waals surface area contributed by atoms with Gasteiger partial charge in [0.1, 0.15) is 11.4 Å². The lowest BCUT2D eigenvalue weighted by Crippen LogP contribution is -2.15. The lowest BCUT2D eigenvalue weighted by Gasteiger charge is -2.20. The maximum Gasteiger partial charge on any atom is 0.198 e. The van der Waals surface area contributed by atoms with Crippen molar-refractivity contribution in [2.75, 3.05) is 0 Å². The fraction of sp³-hybridized carbons (Fsp3) is 0.500. The number of benzene rings is 1. The second-order valence-corrected chi connectivity index (χ2v) is 6.76. The zero-order chi connectivity index (χ0) is 14.6. The first-order valence-corrected chi connectivity index (χ1v) is 7.83. The highest BCUT2D eigenvalue weighted by Crippen LogP contribution is 2.50. The summed E-state index contributed by atoms with van der Waals surface area (Å²) in [4.78, 5) is 12.6. The zero-order valence-electron chi connectivity index (χ0n) is 12.2. The van der Waals surface area contributed by atoms with Gasteiger partial charge in [0.25, 0.3) is 0 Å². The van der Waals surface area contributed by atoms with Crippen molar-refractivity contribution in [1.82, 2.24) is 0 Å². The Morgan fingerprint density at radius 1 is 1.33 bits per heavy atom. The first-order chi connectivity index (χ1) is 10.1. The number of furan rings is 1. The van der Waals surface area contributed by atoms with Crippen molar-refractivity contribution in [3.8, 4) is 0 Å². The first-order valence-electron chi connectivity index (χ1n) is 7.83. The molecule has 1 aromatic carbocycles. The van der Waals surface area contributed by atoms with Crippen LogP contribution in [0, 0.1) is 30.5 Å². The minimum Gasteiger partial charge on any atom is -0.453 e. The Kier molecular flexibility index (Phi) is 2.91. The van der Waals surface area contributed by atoms with Crippen LogP contribution in [0.15, 0.2) is 22.6 Å². The molecule has 2 aromatic rings. The van der Waals surface area contributed by atoms with Crippen molar-refractivity contribution in [2.24, 2.45) is 17.8 Å². The molecule has 0 saturated heterocycles. The van der Waals surface area contributed by atoms with Gasteiger partial charge in [-0.2, -0.15) is 0 Å². The van der Waals surface area contributed by atoms with Crippen LogP contribution in [0.5, 0.6) is 0 Å². The summed E-state index contributed by atoms with van der Waals surface area (Å²) in [7, 11) is 0. The Hall–Kier alpha value is -1.64. The monoisotopic (exact) mass is 286 g/mol. The maximum absolute atomic E-state index is 13.3. The van der Waals surface area contributed by atoms with Gasteiger partial charge in [0.05, 0.1) is 0 Å². The third kappa shape index (κ3) is 2.10. The summed E-state index contributed by atoms with van der Waals surface area (Å²) in [5.74, 6) is 2.33. The summed E-state index contributed by atoms with van der Waals surface area (Å²) in [5.41, 5.74) is 1.38. The summed E-state index contributed by atoms with van der Waals surface area (Å²) >= 11 is 0. The highest BCUT2D eigenvalue weighted by molar-refractivity contribution is 6.00. The van der Waals surface area contributed by atoms with Crippen molar-refractivity contribution in [3.05, 3.63) is 35.3 Å². The molecular weight excluding hydrogens is 267 g/mol. The minimum atomic E-state index is -0.293. The molecule has 0 N–H and O–H groups in total. The Balaban J connectivity index is 1.61. The Bertz CT molecular complexity index is 715. The molecule has 2 bridgehead atoms. The van der Waals surface area contributed by atoms with E-state index in [9.17, 15) is 9.18 Å². The van der Waals surface area contributed by atoms with Gasteiger partial charge in [-0.1, -0.05) is 6.42 Å². The molecule has 4 rings (SSSR count). The van der Waals surface area contributed by atoms with E-state index in [1.54, 1.807) is 6.07 Å². The van der Waals surface area contributed by atoms with E-state index in [0.29, 0.717) is 29.1 Å². The number of rotatable bonds is 3. The van der Waals surface area contributed by atoms with Gasteiger partial charge in [0.15, 0.2) is 11.5 Å². The van der Waals surface area contributed by atoms with Crippen LogP contribution < -0.4 is 0 Å². The highest BCUT2D eigenvalue weighted by atomic mass is 19.1. The molecule has 3 unspecified atom stereocenters. The Labute approximate surface area is 123 Å². The van der Waals surface area contributed by atoms with Gasteiger partial charge in [0, 0.05) is 17.4 Å². The average Bonchev–Trinajstić information content (AvgIpc) is 3.14. The number of fused-ring (bicyclic) bond motifs is 3. The lowest BCUT2D eigenvalue weighted by atomic mass is 9.84. The number of hydrogen-bond donors (Lipinski definition) is 0. The van der Waals surface area contributed by atoms with Crippen molar-refractivity contribution < 1.29 is 13.6 Å². The molecule has 0 aliphatic heterocycles. The molecule has 1 aromatic heterocycles. The van der Waals surface area contributed by atoms with Gasteiger partial charge in [-0.3, -0.25) is 4.79 Å². The fourth-order valence-corrected chi connectivity index (χ4v) is 4.42. The molecule has 2 fully saturated rings. The highest BCUT2D eigenvalue weighted by Gasteiger charge is 2.40. The molecular formula is C18H19FO2. The Morgan fingerprint density at radius 2 is 2.19 bits per heavy atom. The van der Waals surface area contributed by atoms with Gasteiger partial charge in [-0.25, -0.2) is 4.39 Å². The molecule has 3 heteroatoms. The average molecular weight is 286 g/mol. The fourth-order valence-electron chi connectivity index (χ4n) is 4.42. The topological polar surface area (TPSA) is 30.2 Å². The van der Waals surface area contributed by atoms with Crippen LogP contribution in [0.25, 0.3) is 11.0 Å². The number of ketones is 1. The number of hydrogen-bond acceptors (Lipinski definition) is 2. The first kappa shape index (κ1) is 13.1. The van der Waals surface area contributed by atoms with Crippen LogP contribution in [-0.2, 0) is 0 Å². The van der Waals surface area contributed by atoms with Crippen LogP contribution in [-0.4, -0.2) is 5.78 Å². The van der Waals surface area contributed by atoms with E-state index in [4.69, 9.17) is 4.42 Å². The quantitative estimate of drug-likeness (QED) is 0.752. The number of aryl methyl sites for hydroxylation is 1. The van der Waals surface area contributed by atoms with Gasteiger partial charge in [-0.05, 0) is 62.1 Å². The largest absolute Gasteiger partial charge is 0.453 e. The van der Waals surface area contributed by atoms with Gasteiger partial charge in [-0.15, -0.1) is 0 Å². The summed E-state index contributed by atoms with van der Waals surface area (Å²) in [6.07, 6.45) is 5.72. The molecule has 0 radical (unpaired) electrons. The predicted octanol–water partition coefficient (Wildman–Crippen LogP) is 4.89. The maximum atomic E-state index is 13.3. The van der Waals surface area contributed by atoms with Gasteiger partial charge < -0.3 is 4.42 Å². The summed E-state index contributed by atoms with van der Waals surface area (Å²) < 4.78 is 19.0. The smallest absolute Gasteiger partial charge is 0.198 e. The summed E-state index contributed by atoms with van der Waals surface area (Å²) in [5, 5.41) is 0.714. The lowest BCUT2D eigenvalue weighted by molar-refractivity contribution is 0.0918. The number of halogens is 1. The molecule has 21 heavy (non-hydrogen) atoms. The van der Waals surface area contributed by atoms with Crippen LogP contribution in [0.1, 0.15) is 48.2 Å². The third-order valence-electron chi connectivity index (χ3n) is 5.48. The summed E-state index contributed by atoms with van der Waals surface area (Å²) in [6.45, 7) is 1.85. The molecule has 1 heterocycles. The van der Waals surface area contributed by atoms with Gasteiger partial charge >= 0.3 is 0 Å². The van der Waals surface area contributed by atoms with Crippen LogP contribution in [0.4, 0.5) is 4.39 Å². The van der Waals surface area contributed by atoms with Crippen molar-refractivity contribution in [2.45, 2.75) is 39.0 Å². The second-order valence-electron chi connectivity index (χ2n) is 6.76. The second kappa shape index (κ2) is 4.69. The predicted molar refractivity (Wildman–Crippen MR) is 78.8 cm³/mol. The van der Waals surface area contributed by atoms with Crippen LogP contribution in [0.3, 0.4) is 0 Å². The number of carbonyl (C=O) groups excluding carboxylic acids is 1. The van der Waals surface area contributed by atoms with E-state index in [2.05, 4.69) is 0 Å². The van der Waals surface area contributed by atoms with Crippen LogP contribution >= 0.6 is 0 Å². The molecule has 2 aliphatic carbocycles. The van der Waals surface area contributed by atoms with Crippen molar-refractivity contribution in [3.63, 3.8) is 0 Å². The number of carbonyl (C=O) groups is 1. The van der Waals surface area contributed by atoms with E-state index in [-0.39, 0.29) is 11.6 Å². The number of Topliss-reactive ketones (excluding diaryl/α,β-unsaturated/α-hetero) is 1. The van der Waals surface area contributed by atoms with E-state index >= 15 is 0 Å². The van der Waals surface area contributed by atoms with E-state index in [1.807, 2.05) is 6.92 Å². The molecule has 0 amide bonds. The molecule has 110 valence electrons.